The summed E-state index contributed by atoms with van der Waals surface area (Å²) in [6.07, 6.45) is 1.02. The van der Waals surface area contributed by atoms with Crippen LogP contribution in [0.2, 0.25) is 5.02 Å². The third kappa shape index (κ3) is 4.12. The lowest BCUT2D eigenvalue weighted by atomic mass is 9.82. The fourth-order valence-corrected chi connectivity index (χ4v) is 3.56. The summed E-state index contributed by atoms with van der Waals surface area (Å²) < 4.78 is 12.1. The Hall–Kier alpha value is -0.770. The molecule has 0 spiro atoms. The van der Waals surface area contributed by atoms with Gasteiger partial charge in [0.25, 0.3) is 0 Å². The van der Waals surface area contributed by atoms with E-state index in [9.17, 15) is 0 Å². The summed E-state index contributed by atoms with van der Waals surface area (Å²) in [5.41, 5.74) is -0.242. The summed E-state index contributed by atoms with van der Waals surface area (Å²) >= 11 is 5.99. The zero-order chi connectivity index (χ0) is 15.7. The minimum atomic E-state index is -0.158. The number of nitrogens with one attached hydrogen (secondary N) is 1. The van der Waals surface area contributed by atoms with E-state index in [1.807, 2.05) is 31.3 Å². The van der Waals surface area contributed by atoms with Crippen LogP contribution in [-0.2, 0) is 4.74 Å². The maximum atomic E-state index is 6.19. The van der Waals surface area contributed by atoms with Gasteiger partial charge in [0, 0.05) is 17.0 Å². The maximum Gasteiger partial charge on any atom is 0.120 e. The largest absolute Gasteiger partial charge is 0.492 e. The molecular formula is C17H26ClNO2. The summed E-state index contributed by atoms with van der Waals surface area (Å²) in [5, 5.41) is 4.08. The van der Waals surface area contributed by atoms with E-state index in [1.54, 1.807) is 0 Å². The Balaban J connectivity index is 2.03. The zero-order valence-corrected chi connectivity index (χ0v) is 14.3. The Morgan fingerprint density at radius 1 is 1.38 bits per heavy atom. The second-order valence-electron chi connectivity index (χ2n) is 6.94. The van der Waals surface area contributed by atoms with Crippen molar-refractivity contribution < 1.29 is 9.47 Å². The normalized spacial score (nSPS) is 24.8. The summed E-state index contributed by atoms with van der Waals surface area (Å²) in [5.74, 6) is 1.20. The first-order valence-electron chi connectivity index (χ1n) is 7.49. The van der Waals surface area contributed by atoms with Crippen molar-refractivity contribution in [2.24, 2.45) is 5.92 Å². The smallest absolute Gasteiger partial charge is 0.120 e. The van der Waals surface area contributed by atoms with Crippen LogP contribution < -0.4 is 10.1 Å². The van der Waals surface area contributed by atoms with Gasteiger partial charge in [0.15, 0.2) is 0 Å². The Labute approximate surface area is 133 Å². The molecule has 2 atom stereocenters. The summed E-state index contributed by atoms with van der Waals surface area (Å²) in [4.78, 5) is 0. The molecule has 1 heterocycles. The highest BCUT2D eigenvalue weighted by molar-refractivity contribution is 6.30. The van der Waals surface area contributed by atoms with Crippen LogP contribution in [0.25, 0.3) is 0 Å². The highest BCUT2D eigenvalue weighted by atomic mass is 35.5. The molecule has 1 N–H and O–H groups in total. The van der Waals surface area contributed by atoms with Crippen LogP contribution in [0.4, 0.5) is 0 Å². The Bertz CT molecular complexity index is 487. The fraction of sp³-hybridized carbons (Fsp3) is 0.647. The van der Waals surface area contributed by atoms with Gasteiger partial charge in [-0.25, -0.2) is 0 Å². The van der Waals surface area contributed by atoms with E-state index in [1.165, 1.54) is 0 Å². The van der Waals surface area contributed by atoms with Crippen molar-refractivity contribution in [2.45, 2.75) is 51.4 Å². The fourth-order valence-electron chi connectivity index (χ4n) is 3.38. The summed E-state index contributed by atoms with van der Waals surface area (Å²) in [6, 6.07) is 7.76. The SMILES string of the molecule is CNC(COc1cccc(Cl)c1)C1CC(C)(C)OC1(C)C. The van der Waals surface area contributed by atoms with Gasteiger partial charge in [-0.2, -0.15) is 0 Å². The van der Waals surface area contributed by atoms with Gasteiger partial charge in [-0.1, -0.05) is 17.7 Å². The average molecular weight is 312 g/mol. The molecule has 3 nitrogen and oxygen atoms in total. The van der Waals surface area contributed by atoms with Crippen LogP contribution in [0.15, 0.2) is 24.3 Å². The van der Waals surface area contributed by atoms with Crippen LogP contribution >= 0.6 is 11.6 Å². The van der Waals surface area contributed by atoms with Crippen molar-refractivity contribution >= 4 is 11.6 Å². The molecule has 2 rings (SSSR count). The molecule has 0 amide bonds. The topological polar surface area (TPSA) is 30.5 Å². The first-order chi connectivity index (χ1) is 9.73. The molecule has 21 heavy (non-hydrogen) atoms. The number of hydrogen-bond donors (Lipinski definition) is 1. The summed E-state index contributed by atoms with van der Waals surface area (Å²) in [6.45, 7) is 9.23. The van der Waals surface area contributed by atoms with E-state index in [-0.39, 0.29) is 17.2 Å². The molecule has 0 radical (unpaired) electrons. The maximum absolute atomic E-state index is 6.19. The minimum Gasteiger partial charge on any atom is -0.492 e. The molecule has 1 saturated heterocycles. The monoisotopic (exact) mass is 311 g/mol. The Morgan fingerprint density at radius 3 is 2.62 bits per heavy atom. The van der Waals surface area contributed by atoms with Crippen molar-refractivity contribution in [1.82, 2.24) is 5.32 Å². The lowest BCUT2D eigenvalue weighted by Crippen LogP contribution is -2.46. The van der Waals surface area contributed by atoms with E-state index in [2.05, 4.69) is 33.0 Å². The van der Waals surface area contributed by atoms with Crippen LogP contribution in [0.3, 0.4) is 0 Å². The molecule has 2 unspecified atom stereocenters. The molecule has 1 aliphatic heterocycles. The predicted molar refractivity (Wildman–Crippen MR) is 87.1 cm³/mol. The molecule has 1 aromatic rings. The average Bonchev–Trinajstić information content (AvgIpc) is 2.58. The molecule has 0 aromatic heterocycles. The first kappa shape index (κ1) is 16.6. The molecule has 0 aliphatic carbocycles. The van der Waals surface area contributed by atoms with Gasteiger partial charge in [0.1, 0.15) is 12.4 Å². The number of halogens is 1. The predicted octanol–water partition coefficient (Wildman–Crippen LogP) is 3.90. The Morgan fingerprint density at radius 2 is 2.10 bits per heavy atom. The zero-order valence-electron chi connectivity index (χ0n) is 13.6. The molecule has 1 aliphatic rings. The number of likely N-dealkylation sites (N-methyl/N-ethyl adjacent to an activating group) is 1. The van der Waals surface area contributed by atoms with Gasteiger partial charge in [-0.15, -0.1) is 0 Å². The van der Waals surface area contributed by atoms with E-state index >= 15 is 0 Å². The number of rotatable bonds is 5. The van der Waals surface area contributed by atoms with Gasteiger partial charge in [0.2, 0.25) is 0 Å². The van der Waals surface area contributed by atoms with Gasteiger partial charge in [0.05, 0.1) is 11.2 Å². The van der Waals surface area contributed by atoms with Gasteiger partial charge < -0.3 is 14.8 Å². The molecule has 118 valence electrons. The third-order valence-corrected chi connectivity index (χ3v) is 4.46. The van der Waals surface area contributed by atoms with Gasteiger partial charge in [-0.3, -0.25) is 0 Å². The molecule has 0 bridgehead atoms. The quantitative estimate of drug-likeness (QED) is 0.894. The molecule has 1 aromatic carbocycles. The van der Waals surface area contributed by atoms with E-state index in [0.29, 0.717) is 17.5 Å². The number of ether oxygens (including phenoxy) is 2. The lowest BCUT2D eigenvalue weighted by molar-refractivity contribution is -0.0786. The van der Waals surface area contributed by atoms with Crippen LogP contribution in [-0.4, -0.2) is 30.9 Å². The first-order valence-corrected chi connectivity index (χ1v) is 7.87. The molecule has 0 saturated carbocycles. The number of benzene rings is 1. The van der Waals surface area contributed by atoms with Crippen molar-refractivity contribution in [3.8, 4) is 5.75 Å². The van der Waals surface area contributed by atoms with Gasteiger partial charge >= 0.3 is 0 Å². The highest BCUT2D eigenvalue weighted by Crippen LogP contribution is 2.43. The van der Waals surface area contributed by atoms with E-state index in [0.717, 1.165) is 12.2 Å². The van der Waals surface area contributed by atoms with Crippen molar-refractivity contribution in [1.29, 1.82) is 0 Å². The van der Waals surface area contributed by atoms with Crippen molar-refractivity contribution in [3.63, 3.8) is 0 Å². The van der Waals surface area contributed by atoms with Crippen molar-refractivity contribution in [2.75, 3.05) is 13.7 Å². The number of hydrogen-bond acceptors (Lipinski definition) is 3. The van der Waals surface area contributed by atoms with Gasteiger partial charge in [-0.05, 0) is 59.4 Å². The van der Waals surface area contributed by atoms with Crippen molar-refractivity contribution in [3.05, 3.63) is 29.3 Å². The second-order valence-corrected chi connectivity index (χ2v) is 7.38. The second kappa shape index (κ2) is 6.15. The van der Waals surface area contributed by atoms with E-state index < -0.39 is 0 Å². The molecular weight excluding hydrogens is 286 g/mol. The molecule has 1 fully saturated rings. The van der Waals surface area contributed by atoms with Crippen LogP contribution in [0.1, 0.15) is 34.1 Å². The standard InChI is InChI=1S/C17H26ClNO2/c1-16(2)10-14(17(3,4)21-16)15(19-5)11-20-13-8-6-7-12(18)9-13/h6-9,14-15,19H,10-11H2,1-5H3. The van der Waals surface area contributed by atoms with E-state index in [4.69, 9.17) is 21.1 Å². The highest BCUT2D eigenvalue weighted by Gasteiger charge is 2.48. The lowest BCUT2D eigenvalue weighted by Gasteiger charge is -2.32. The minimum absolute atomic E-state index is 0.0840. The summed E-state index contributed by atoms with van der Waals surface area (Å²) in [7, 11) is 1.98. The molecule has 4 heteroatoms. The third-order valence-electron chi connectivity index (χ3n) is 4.23. The van der Waals surface area contributed by atoms with Crippen LogP contribution in [0, 0.1) is 5.92 Å². The Kier molecular flexibility index (Phi) is 4.86. The van der Waals surface area contributed by atoms with Crippen LogP contribution in [0.5, 0.6) is 5.75 Å².